The lowest BCUT2D eigenvalue weighted by Crippen LogP contribution is -2.49. The van der Waals surface area contributed by atoms with Gasteiger partial charge in [0, 0.05) is 24.5 Å². The minimum atomic E-state index is -0.625. The largest absolute Gasteiger partial charge is 0.350 e. The van der Waals surface area contributed by atoms with Gasteiger partial charge >= 0.3 is 0 Å². The fraction of sp³-hybridized carbons (Fsp3) is 0.208. The number of nitrogens with zero attached hydrogens (tertiary/aromatic N) is 1. The second-order valence-corrected chi connectivity index (χ2v) is 7.22. The molecule has 0 fully saturated rings. The molecule has 29 heavy (non-hydrogen) atoms. The summed E-state index contributed by atoms with van der Waals surface area (Å²) in [5.74, 6) is -0.528. The van der Waals surface area contributed by atoms with E-state index in [1.807, 2.05) is 74.5 Å². The Morgan fingerprint density at radius 2 is 1.69 bits per heavy atom. The van der Waals surface area contributed by atoms with Crippen LogP contribution in [0.5, 0.6) is 0 Å². The van der Waals surface area contributed by atoms with E-state index in [1.165, 1.54) is 0 Å². The van der Waals surface area contributed by atoms with Crippen molar-refractivity contribution in [3.8, 4) is 11.1 Å². The van der Waals surface area contributed by atoms with Crippen LogP contribution in [0.25, 0.3) is 11.1 Å². The Morgan fingerprint density at radius 1 is 0.931 bits per heavy atom. The third-order valence-corrected chi connectivity index (χ3v) is 4.66. The molecule has 0 aliphatic carbocycles. The zero-order chi connectivity index (χ0) is 20.6. The van der Waals surface area contributed by atoms with Gasteiger partial charge in [0.05, 0.1) is 0 Å². The van der Waals surface area contributed by atoms with Gasteiger partial charge < -0.3 is 10.6 Å². The van der Waals surface area contributed by atoms with Crippen LogP contribution in [-0.4, -0.2) is 22.8 Å². The molecule has 0 aliphatic rings. The predicted molar refractivity (Wildman–Crippen MR) is 114 cm³/mol. The molecule has 1 heterocycles. The number of hydrogen-bond acceptors (Lipinski definition) is 3. The number of nitrogens with one attached hydrogen (secondary N) is 2. The third-order valence-electron chi connectivity index (χ3n) is 4.66. The van der Waals surface area contributed by atoms with Crippen LogP contribution in [0.4, 0.5) is 0 Å². The maximum Gasteiger partial charge on any atom is 0.251 e. The molecular formula is C24H25N3O2. The smallest absolute Gasteiger partial charge is 0.251 e. The Bertz CT molecular complexity index is 956. The van der Waals surface area contributed by atoms with Gasteiger partial charge in [-0.05, 0) is 40.8 Å². The van der Waals surface area contributed by atoms with Crippen molar-refractivity contribution in [3.05, 3.63) is 90.3 Å². The summed E-state index contributed by atoms with van der Waals surface area (Å²) in [6.45, 7) is 4.19. The minimum absolute atomic E-state index is 0.0508. The summed E-state index contributed by atoms with van der Waals surface area (Å²) in [6.07, 6.45) is 3.39. The number of pyridine rings is 1. The van der Waals surface area contributed by atoms with Gasteiger partial charge in [-0.2, -0.15) is 0 Å². The molecule has 2 amide bonds. The molecular weight excluding hydrogens is 362 g/mol. The number of aromatic nitrogens is 1. The number of amides is 2. The van der Waals surface area contributed by atoms with Crippen molar-refractivity contribution in [2.45, 2.75) is 26.4 Å². The van der Waals surface area contributed by atoms with Gasteiger partial charge in [-0.3, -0.25) is 14.6 Å². The molecule has 2 N–H and O–H groups in total. The van der Waals surface area contributed by atoms with Crippen LogP contribution in [0.1, 0.15) is 29.8 Å². The third kappa shape index (κ3) is 5.51. The first-order valence-corrected chi connectivity index (χ1v) is 9.67. The van der Waals surface area contributed by atoms with Gasteiger partial charge in [-0.1, -0.05) is 62.4 Å². The summed E-state index contributed by atoms with van der Waals surface area (Å²) >= 11 is 0. The molecule has 1 aromatic heterocycles. The second-order valence-electron chi connectivity index (χ2n) is 7.22. The number of hydrogen-bond donors (Lipinski definition) is 2. The maximum atomic E-state index is 12.8. The van der Waals surface area contributed by atoms with Crippen molar-refractivity contribution in [2.24, 2.45) is 5.92 Å². The highest BCUT2D eigenvalue weighted by Gasteiger charge is 2.24. The monoisotopic (exact) mass is 387 g/mol. The summed E-state index contributed by atoms with van der Waals surface area (Å²) < 4.78 is 0. The Kier molecular flexibility index (Phi) is 6.74. The Balaban J connectivity index is 1.69. The summed E-state index contributed by atoms with van der Waals surface area (Å²) in [5.41, 5.74) is 3.43. The molecule has 5 nitrogen and oxygen atoms in total. The number of carbonyl (C=O) groups excluding carboxylic acids is 2. The summed E-state index contributed by atoms with van der Waals surface area (Å²) in [7, 11) is 0. The van der Waals surface area contributed by atoms with Gasteiger partial charge in [0.25, 0.3) is 5.91 Å². The number of rotatable bonds is 7. The van der Waals surface area contributed by atoms with Gasteiger partial charge in [0.15, 0.2) is 0 Å². The lowest BCUT2D eigenvalue weighted by molar-refractivity contribution is -0.124. The van der Waals surface area contributed by atoms with E-state index in [-0.39, 0.29) is 17.7 Å². The quantitative estimate of drug-likeness (QED) is 0.647. The zero-order valence-electron chi connectivity index (χ0n) is 16.6. The Morgan fingerprint density at radius 3 is 2.38 bits per heavy atom. The molecule has 5 heteroatoms. The fourth-order valence-corrected chi connectivity index (χ4v) is 3.03. The van der Waals surface area contributed by atoms with E-state index >= 15 is 0 Å². The van der Waals surface area contributed by atoms with Crippen molar-refractivity contribution in [2.75, 3.05) is 0 Å². The van der Waals surface area contributed by atoms with Gasteiger partial charge in [-0.25, -0.2) is 0 Å². The van der Waals surface area contributed by atoms with Crippen LogP contribution < -0.4 is 10.6 Å². The molecule has 3 aromatic rings. The topological polar surface area (TPSA) is 71.1 Å². The molecule has 1 atom stereocenters. The average molecular weight is 387 g/mol. The lowest BCUT2D eigenvalue weighted by Gasteiger charge is -2.22. The first kappa shape index (κ1) is 20.3. The Hall–Kier alpha value is -3.47. The lowest BCUT2D eigenvalue weighted by atomic mass is 10.0. The summed E-state index contributed by atoms with van der Waals surface area (Å²) in [5, 5.41) is 5.76. The molecule has 0 unspecified atom stereocenters. The van der Waals surface area contributed by atoms with Gasteiger partial charge in [0.2, 0.25) is 5.91 Å². The molecule has 0 radical (unpaired) electrons. The van der Waals surface area contributed by atoms with Gasteiger partial charge in [-0.15, -0.1) is 0 Å². The average Bonchev–Trinajstić information content (AvgIpc) is 2.77. The van der Waals surface area contributed by atoms with E-state index in [9.17, 15) is 9.59 Å². The molecule has 0 spiro atoms. The zero-order valence-corrected chi connectivity index (χ0v) is 16.6. The van der Waals surface area contributed by atoms with Crippen molar-refractivity contribution >= 4 is 11.8 Å². The molecule has 3 rings (SSSR count). The van der Waals surface area contributed by atoms with Crippen molar-refractivity contribution in [3.63, 3.8) is 0 Å². The molecule has 0 aliphatic heterocycles. The molecule has 0 saturated carbocycles. The van der Waals surface area contributed by atoms with E-state index in [4.69, 9.17) is 0 Å². The predicted octanol–water partition coefficient (Wildman–Crippen LogP) is 3.82. The fourth-order valence-electron chi connectivity index (χ4n) is 3.03. The van der Waals surface area contributed by atoms with E-state index in [1.54, 1.807) is 18.5 Å². The standard InChI is InChI=1S/C24H25N3O2/c1-17(2)22(24(29)26-16-18-8-7-13-25-15-18)27-23(28)21-12-6-11-20(14-21)19-9-4-3-5-10-19/h3-15,17,22H,16H2,1-2H3,(H,26,29)(H,27,28)/t22-/m0/s1. The minimum Gasteiger partial charge on any atom is -0.350 e. The van der Waals surface area contributed by atoms with Crippen LogP contribution in [-0.2, 0) is 11.3 Å². The molecule has 148 valence electrons. The highest BCUT2D eigenvalue weighted by atomic mass is 16.2. The summed E-state index contributed by atoms with van der Waals surface area (Å²) in [6, 6.07) is 20.4. The van der Waals surface area contributed by atoms with E-state index in [2.05, 4.69) is 15.6 Å². The summed E-state index contributed by atoms with van der Waals surface area (Å²) in [4.78, 5) is 29.5. The van der Waals surface area contributed by atoms with Gasteiger partial charge in [0.1, 0.15) is 6.04 Å². The maximum absolute atomic E-state index is 12.8. The van der Waals surface area contributed by atoms with Crippen molar-refractivity contribution in [1.82, 2.24) is 15.6 Å². The Labute approximate surface area is 171 Å². The highest BCUT2D eigenvalue weighted by molar-refractivity contribution is 5.98. The van der Waals surface area contributed by atoms with E-state index in [0.29, 0.717) is 12.1 Å². The number of carbonyl (C=O) groups is 2. The van der Waals surface area contributed by atoms with E-state index in [0.717, 1.165) is 16.7 Å². The molecule has 0 saturated heterocycles. The number of benzene rings is 2. The van der Waals surface area contributed by atoms with Crippen LogP contribution in [0.15, 0.2) is 79.1 Å². The van der Waals surface area contributed by atoms with Crippen molar-refractivity contribution in [1.29, 1.82) is 0 Å². The van der Waals surface area contributed by atoms with Crippen LogP contribution in [0.2, 0.25) is 0 Å². The molecule has 0 bridgehead atoms. The van der Waals surface area contributed by atoms with Crippen LogP contribution in [0, 0.1) is 5.92 Å². The first-order valence-electron chi connectivity index (χ1n) is 9.67. The van der Waals surface area contributed by atoms with Crippen molar-refractivity contribution < 1.29 is 9.59 Å². The second kappa shape index (κ2) is 9.64. The van der Waals surface area contributed by atoms with Crippen LogP contribution in [0.3, 0.4) is 0 Å². The molecule has 2 aromatic carbocycles. The first-order chi connectivity index (χ1) is 14.0. The van der Waals surface area contributed by atoms with Crippen LogP contribution >= 0.6 is 0 Å². The highest BCUT2D eigenvalue weighted by Crippen LogP contribution is 2.20. The normalized spacial score (nSPS) is 11.7. The SMILES string of the molecule is CC(C)[C@H](NC(=O)c1cccc(-c2ccccc2)c1)C(=O)NCc1cccnc1. The van der Waals surface area contributed by atoms with E-state index < -0.39 is 6.04 Å².